The zero-order chi connectivity index (χ0) is 17.2. The molecule has 0 bridgehead atoms. The van der Waals surface area contributed by atoms with Gasteiger partial charge in [-0.3, -0.25) is 9.59 Å². The van der Waals surface area contributed by atoms with Crippen molar-refractivity contribution in [2.75, 3.05) is 13.2 Å². The van der Waals surface area contributed by atoms with Gasteiger partial charge in [0.1, 0.15) is 17.9 Å². The Bertz CT molecular complexity index is 553. The molecule has 1 aromatic carbocycles. The lowest BCUT2D eigenvalue weighted by Crippen LogP contribution is -2.28. The number of hydrogen-bond acceptors (Lipinski definition) is 7. The van der Waals surface area contributed by atoms with E-state index in [0.29, 0.717) is 6.42 Å². The molecule has 0 aromatic heterocycles. The monoisotopic (exact) mass is 324 g/mol. The van der Waals surface area contributed by atoms with Gasteiger partial charge in [-0.25, -0.2) is 4.79 Å². The van der Waals surface area contributed by atoms with Crippen molar-refractivity contribution < 1.29 is 33.7 Å². The highest BCUT2D eigenvalue weighted by atomic mass is 16.6. The fourth-order valence-corrected chi connectivity index (χ4v) is 1.70. The van der Waals surface area contributed by atoms with Crippen LogP contribution in [0.2, 0.25) is 0 Å². The molecule has 7 heteroatoms. The minimum Gasteiger partial charge on any atom is -0.458 e. The Morgan fingerprint density at radius 3 is 2.52 bits per heavy atom. The van der Waals surface area contributed by atoms with Crippen LogP contribution in [0.5, 0.6) is 5.75 Å². The van der Waals surface area contributed by atoms with Crippen LogP contribution in [0.15, 0.2) is 24.3 Å². The van der Waals surface area contributed by atoms with E-state index >= 15 is 0 Å². The number of rotatable bonds is 8. The van der Waals surface area contributed by atoms with Crippen LogP contribution in [-0.4, -0.2) is 42.3 Å². The molecule has 0 aliphatic rings. The lowest BCUT2D eigenvalue weighted by molar-refractivity contribution is -0.153. The van der Waals surface area contributed by atoms with Crippen LogP contribution >= 0.6 is 0 Å². The van der Waals surface area contributed by atoms with Crippen molar-refractivity contribution in [3.8, 4) is 5.75 Å². The first kappa shape index (κ1) is 18.6. The molecule has 0 aliphatic carbocycles. The van der Waals surface area contributed by atoms with E-state index in [1.54, 1.807) is 12.1 Å². The van der Waals surface area contributed by atoms with Gasteiger partial charge in [0.05, 0.1) is 6.61 Å². The summed E-state index contributed by atoms with van der Waals surface area (Å²) in [6, 6.07) is 6.10. The summed E-state index contributed by atoms with van der Waals surface area (Å²) < 4.78 is 14.9. The van der Waals surface area contributed by atoms with Crippen LogP contribution in [0.1, 0.15) is 37.0 Å². The highest BCUT2D eigenvalue weighted by Gasteiger charge is 2.19. The molecule has 0 amide bonds. The maximum atomic E-state index is 12.0. The molecule has 1 N–H and O–H groups in total. The predicted octanol–water partition coefficient (Wildman–Crippen LogP) is 1.47. The Morgan fingerprint density at radius 2 is 1.91 bits per heavy atom. The molecule has 1 unspecified atom stereocenters. The van der Waals surface area contributed by atoms with Crippen LogP contribution in [0.3, 0.4) is 0 Å². The summed E-state index contributed by atoms with van der Waals surface area (Å²) in [5.74, 6) is -1.70. The maximum absolute atomic E-state index is 12.0. The number of para-hydroxylation sites is 1. The Morgan fingerprint density at radius 1 is 1.22 bits per heavy atom. The zero-order valence-electron chi connectivity index (χ0n) is 13.1. The molecule has 126 valence electrons. The minimum absolute atomic E-state index is 0.0688. The fourth-order valence-electron chi connectivity index (χ4n) is 1.70. The van der Waals surface area contributed by atoms with Crippen molar-refractivity contribution in [2.45, 2.75) is 32.8 Å². The van der Waals surface area contributed by atoms with Gasteiger partial charge in [-0.15, -0.1) is 0 Å². The molecular weight excluding hydrogens is 304 g/mol. The van der Waals surface area contributed by atoms with E-state index in [2.05, 4.69) is 0 Å². The third-order valence-corrected chi connectivity index (χ3v) is 2.72. The van der Waals surface area contributed by atoms with Crippen molar-refractivity contribution in [3.63, 3.8) is 0 Å². The Labute approximate surface area is 134 Å². The molecule has 0 aliphatic heterocycles. The number of carbonyl (C=O) groups excluding carboxylic acids is 3. The minimum atomic E-state index is -0.932. The van der Waals surface area contributed by atoms with Crippen LogP contribution in [0, 0.1) is 0 Å². The number of benzene rings is 1. The van der Waals surface area contributed by atoms with E-state index in [0.717, 1.165) is 0 Å². The van der Waals surface area contributed by atoms with Gasteiger partial charge in [0.15, 0.2) is 6.10 Å². The number of aliphatic hydroxyl groups excluding tert-OH is 1. The van der Waals surface area contributed by atoms with E-state index in [1.807, 2.05) is 6.92 Å². The molecule has 1 aromatic rings. The average Bonchev–Trinajstić information content (AvgIpc) is 2.51. The second-order valence-corrected chi connectivity index (χ2v) is 4.73. The van der Waals surface area contributed by atoms with Gasteiger partial charge < -0.3 is 19.3 Å². The van der Waals surface area contributed by atoms with Gasteiger partial charge in [-0.2, -0.15) is 0 Å². The van der Waals surface area contributed by atoms with Crippen LogP contribution in [-0.2, 0) is 19.1 Å². The first-order valence-electron chi connectivity index (χ1n) is 7.22. The highest BCUT2D eigenvalue weighted by Crippen LogP contribution is 2.19. The number of ether oxygens (including phenoxy) is 3. The van der Waals surface area contributed by atoms with Gasteiger partial charge in [0.25, 0.3) is 0 Å². The summed E-state index contributed by atoms with van der Waals surface area (Å²) in [6.07, 6.45) is -0.0920. The lowest BCUT2D eigenvalue weighted by Gasteiger charge is -2.16. The largest absolute Gasteiger partial charge is 0.458 e. The van der Waals surface area contributed by atoms with Crippen molar-refractivity contribution >= 4 is 17.9 Å². The van der Waals surface area contributed by atoms with Crippen molar-refractivity contribution in [3.05, 3.63) is 29.8 Å². The normalized spacial score (nSPS) is 11.4. The highest BCUT2D eigenvalue weighted by molar-refractivity contribution is 5.93. The molecule has 0 fully saturated rings. The van der Waals surface area contributed by atoms with E-state index < -0.39 is 30.6 Å². The maximum Gasteiger partial charge on any atom is 0.342 e. The summed E-state index contributed by atoms with van der Waals surface area (Å²) in [4.78, 5) is 34.4. The molecular formula is C16H20O7. The van der Waals surface area contributed by atoms with Gasteiger partial charge in [0.2, 0.25) is 0 Å². The van der Waals surface area contributed by atoms with Crippen LogP contribution in [0.4, 0.5) is 0 Å². The number of carbonyl (C=O) groups is 3. The second kappa shape index (κ2) is 9.58. The Hall–Kier alpha value is -2.41. The molecule has 1 atom stereocenters. The third kappa shape index (κ3) is 6.48. The van der Waals surface area contributed by atoms with E-state index in [-0.39, 0.29) is 24.3 Å². The summed E-state index contributed by atoms with van der Waals surface area (Å²) in [5, 5.41) is 9.16. The number of esters is 3. The van der Waals surface area contributed by atoms with E-state index in [9.17, 15) is 14.4 Å². The summed E-state index contributed by atoms with van der Waals surface area (Å²) in [7, 11) is 0. The van der Waals surface area contributed by atoms with Crippen molar-refractivity contribution in [1.82, 2.24) is 0 Å². The predicted molar refractivity (Wildman–Crippen MR) is 79.9 cm³/mol. The summed E-state index contributed by atoms with van der Waals surface area (Å²) in [6.45, 7) is 2.28. The van der Waals surface area contributed by atoms with Gasteiger partial charge >= 0.3 is 17.9 Å². The van der Waals surface area contributed by atoms with Gasteiger partial charge in [-0.1, -0.05) is 19.1 Å². The van der Waals surface area contributed by atoms with Crippen LogP contribution in [0.25, 0.3) is 0 Å². The first-order valence-corrected chi connectivity index (χ1v) is 7.22. The molecule has 0 radical (unpaired) electrons. The first-order chi connectivity index (χ1) is 11.0. The third-order valence-electron chi connectivity index (χ3n) is 2.72. The molecule has 7 nitrogen and oxygen atoms in total. The van der Waals surface area contributed by atoms with Gasteiger partial charge in [-0.05, 0) is 18.6 Å². The lowest BCUT2D eigenvalue weighted by atomic mass is 10.2. The topological polar surface area (TPSA) is 99.1 Å². The number of aliphatic hydroxyl groups is 1. The van der Waals surface area contributed by atoms with E-state index in [4.69, 9.17) is 19.3 Å². The van der Waals surface area contributed by atoms with Crippen molar-refractivity contribution in [1.29, 1.82) is 0 Å². The average molecular weight is 324 g/mol. The SMILES string of the molecule is CCCC(=O)OC(CO)COC(=O)c1ccccc1OC(C)=O. The molecule has 1 rings (SSSR count). The summed E-state index contributed by atoms with van der Waals surface area (Å²) in [5.41, 5.74) is 0.0688. The van der Waals surface area contributed by atoms with Crippen LogP contribution < -0.4 is 4.74 Å². The Balaban J connectivity index is 2.65. The Kier molecular flexibility index (Phi) is 7.76. The van der Waals surface area contributed by atoms with E-state index in [1.165, 1.54) is 19.1 Å². The zero-order valence-corrected chi connectivity index (χ0v) is 13.1. The quantitative estimate of drug-likeness (QED) is 0.571. The summed E-state index contributed by atoms with van der Waals surface area (Å²) >= 11 is 0. The van der Waals surface area contributed by atoms with Gasteiger partial charge in [0, 0.05) is 13.3 Å². The fraction of sp³-hybridized carbons (Fsp3) is 0.438. The van der Waals surface area contributed by atoms with Crippen molar-refractivity contribution in [2.24, 2.45) is 0 Å². The second-order valence-electron chi connectivity index (χ2n) is 4.73. The number of hydrogen-bond donors (Lipinski definition) is 1. The molecule has 0 heterocycles. The molecule has 0 saturated heterocycles. The molecule has 0 spiro atoms. The smallest absolute Gasteiger partial charge is 0.342 e. The molecule has 23 heavy (non-hydrogen) atoms. The standard InChI is InChI=1S/C16H20O7/c1-3-6-15(19)23-12(9-17)10-21-16(20)13-7-4-5-8-14(13)22-11(2)18/h4-5,7-8,12,17H,3,6,9-10H2,1-2H3. The molecule has 0 saturated carbocycles.